The van der Waals surface area contributed by atoms with Crippen LogP contribution in [0, 0.1) is 0 Å². The van der Waals surface area contributed by atoms with E-state index in [1.807, 2.05) is 0 Å². The minimum atomic E-state index is -0.662. The van der Waals surface area contributed by atoms with Crippen molar-refractivity contribution in [1.82, 2.24) is 5.32 Å². The van der Waals surface area contributed by atoms with Crippen LogP contribution >= 0.6 is 0 Å². The molecular formula is C12H21NO3. The van der Waals surface area contributed by atoms with E-state index in [0.29, 0.717) is 13.2 Å². The minimum Gasteiger partial charge on any atom is -0.388 e. The normalized spacial score (nSPS) is 28.9. The standard InChI is InChI=1S/C12H21NO3/c14-11(10-5-1-4-8-16-10)13-9-12(15)6-2-3-7-12/h10,15H,1-9H2,(H,13,14). The first-order valence-electron chi connectivity index (χ1n) is 6.31. The number of ether oxygens (including phenoxy) is 1. The number of amides is 1. The second-order valence-electron chi connectivity index (χ2n) is 5.00. The van der Waals surface area contributed by atoms with Gasteiger partial charge in [-0.2, -0.15) is 0 Å². The molecule has 1 aliphatic carbocycles. The quantitative estimate of drug-likeness (QED) is 0.755. The van der Waals surface area contributed by atoms with Gasteiger partial charge in [-0.3, -0.25) is 4.79 Å². The molecule has 2 aliphatic rings. The predicted octanol–water partition coefficient (Wildman–Crippen LogP) is 0.977. The van der Waals surface area contributed by atoms with E-state index in [1.165, 1.54) is 0 Å². The molecule has 2 rings (SSSR count). The maximum atomic E-state index is 11.7. The van der Waals surface area contributed by atoms with E-state index in [9.17, 15) is 9.90 Å². The van der Waals surface area contributed by atoms with Crippen LogP contribution in [0.15, 0.2) is 0 Å². The molecule has 4 nitrogen and oxygen atoms in total. The van der Waals surface area contributed by atoms with E-state index in [2.05, 4.69) is 5.32 Å². The number of hydrogen-bond acceptors (Lipinski definition) is 3. The second kappa shape index (κ2) is 5.15. The van der Waals surface area contributed by atoms with Crippen molar-refractivity contribution in [3.05, 3.63) is 0 Å². The van der Waals surface area contributed by atoms with Gasteiger partial charge in [-0.05, 0) is 32.1 Å². The zero-order valence-corrected chi connectivity index (χ0v) is 9.71. The highest BCUT2D eigenvalue weighted by Crippen LogP contribution is 2.28. The smallest absolute Gasteiger partial charge is 0.249 e. The summed E-state index contributed by atoms with van der Waals surface area (Å²) >= 11 is 0. The van der Waals surface area contributed by atoms with Crippen LogP contribution in [0.4, 0.5) is 0 Å². The summed E-state index contributed by atoms with van der Waals surface area (Å²) in [6.45, 7) is 1.06. The number of rotatable bonds is 3. The summed E-state index contributed by atoms with van der Waals surface area (Å²) in [7, 11) is 0. The molecule has 0 aromatic heterocycles. The Morgan fingerprint density at radius 1 is 1.31 bits per heavy atom. The second-order valence-corrected chi connectivity index (χ2v) is 5.00. The van der Waals surface area contributed by atoms with Gasteiger partial charge in [0.25, 0.3) is 0 Å². The summed E-state index contributed by atoms with van der Waals surface area (Å²) in [6.07, 6.45) is 6.36. The Balaban J connectivity index is 1.74. The topological polar surface area (TPSA) is 58.6 Å². The van der Waals surface area contributed by atoms with E-state index in [0.717, 1.165) is 44.9 Å². The lowest BCUT2D eigenvalue weighted by Gasteiger charge is -2.26. The minimum absolute atomic E-state index is 0.0555. The van der Waals surface area contributed by atoms with Gasteiger partial charge in [0.05, 0.1) is 5.60 Å². The van der Waals surface area contributed by atoms with Crippen molar-refractivity contribution in [3.63, 3.8) is 0 Å². The van der Waals surface area contributed by atoms with Crippen molar-refractivity contribution < 1.29 is 14.6 Å². The lowest BCUT2D eigenvalue weighted by molar-refractivity contribution is -0.136. The molecule has 2 fully saturated rings. The van der Waals surface area contributed by atoms with Crippen molar-refractivity contribution >= 4 is 5.91 Å². The highest BCUT2D eigenvalue weighted by molar-refractivity contribution is 5.80. The van der Waals surface area contributed by atoms with Crippen molar-refractivity contribution in [2.75, 3.05) is 13.2 Å². The summed E-state index contributed by atoms with van der Waals surface area (Å²) in [5.41, 5.74) is -0.662. The average molecular weight is 227 g/mol. The Morgan fingerprint density at radius 3 is 2.69 bits per heavy atom. The van der Waals surface area contributed by atoms with E-state index < -0.39 is 5.60 Å². The molecule has 1 saturated heterocycles. The Hall–Kier alpha value is -0.610. The number of carbonyl (C=O) groups excluding carboxylic acids is 1. The zero-order valence-electron chi connectivity index (χ0n) is 9.71. The highest BCUT2D eigenvalue weighted by atomic mass is 16.5. The van der Waals surface area contributed by atoms with Gasteiger partial charge in [0.2, 0.25) is 5.91 Å². The predicted molar refractivity (Wildman–Crippen MR) is 60.0 cm³/mol. The molecule has 4 heteroatoms. The van der Waals surface area contributed by atoms with Gasteiger partial charge in [0.15, 0.2) is 0 Å². The SMILES string of the molecule is O=C(NCC1(O)CCCC1)C1CCCCO1. The first-order valence-corrected chi connectivity index (χ1v) is 6.31. The van der Waals surface area contributed by atoms with Crippen LogP contribution in [0.3, 0.4) is 0 Å². The fourth-order valence-corrected chi connectivity index (χ4v) is 2.52. The molecule has 1 heterocycles. The number of aliphatic hydroxyl groups is 1. The monoisotopic (exact) mass is 227 g/mol. The van der Waals surface area contributed by atoms with Crippen molar-refractivity contribution in [3.8, 4) is 0 Å². The van der Waals surface area contributed by atoms with Gasteiger partial charge in [-0.15, -0.1) is 0 Å². The lowest BCUT2D eigenvalue weighted by Crippen LogP contribution is -2.45. The third-order valence-corrected chi connectivity index (χ3v) is 3.60. The van der Waals surface area contributed by atoms with Gasteiger partial charge in [0, 0.05) is 13.2 Å². The molecule has 16 heavy (non-hydrogen) atoms. The molecule has 1 saturated carbocycles. The van der Waals surface area contributed by atoms with E-state index in [4.69, 9.17) is 4.74 Å². The maximum Gasteiger partial charge on any atom is 0.249 e. The Kier molecular flexibility index (Phi) is 3.82. The summed E-state index contributed by atoms with van der Waals surface area (Å²) in [4.78, 5) is 11.7. The summed E-state index contributed by atoms with van der Waals surface area (Å²) in [5, 5.41) is 12.9. The van der Waals surface area contributed by atoms with E-state index in [1.54, 1.807) is 0 Å². The van der Waals surface area contributed by atoms with Crippen LogP contribution in [-0.2, 0) is 9.53 Å². The van der Waals surface area contributed by atoms with Gasteiger partial charge >= 0.3 is 0 Å². The third-order valence-electron chi connectivity index (χ3n) is 3.60. The Bertz CT molecular complexity index is 243. The molecule has 0 radical (unpaired) electrons. The summed E-state index contributed by atoms with van der Waals surface area (Å²) < 4.78 is 5.39. The molecule has 0 bridgehead atoms. The molecule has 1 atom stereocenters. The third kappa shape index (κ3) is 2.95. The fourth-order valence-electron chi connectivity index (χ4n) is 2.52. The van der Waals surface area contributed by atoms with Gasteiger partial charge in [0.1, 0.15) is 6.10 Å². The fraction of sp³-hybridized carbons (Fsp3) is 0.917. The molecule has 1 aliphatic heterocycles. The van der Waals surface area contributed by atoms with Crippen molar-refractivity contribution in [2.24, 2.45) is 0 Å². The first kappa shape index (κ1) is 11.9. The summed E-state index contributed by atoms with van der Waals surface area (Å²) in [6, 6.07) is 0. The highest BCUT2D eigenvalue weighted by Gasteiger charge is 2.32. The number of hydrogen-bond donors (Lipinski definition) is 2. The molecule has 0 aromatic rings. The van der Waals surface area contributed by atoms with Gasteiger partial charge in [-0.25, -0.2) is 0 Å². The molecule has 0 spiro atoms. The van der Waals surface area contributed by atoms with Crippen LogP contribution in [0.1, 0.15) is 44.9 Å². The van der Waals surface area contributed by atoms with Crippen molar-refractivity contribution in [2.45, 2.75) is 56.7 Å². The zero-order chi connectivity index (χ0) is 11.4. The first-order chi connectivity index (χ1) is 7.70. The molecule has 1 unspecified atom stereocenters. The average Bonchev–Trinajstić information content (AvgIpc) is 2.75. The molecule has 92 valence electrons. The Morgan fingerprint density at radius 2 is 2.06 bits per heavy atom. The van der Waals surface area contributed by atoms with E-state index in [-0.39, 0.29) is 12.0 Å². The van der Waals surface area contributed by atoms with Crippen LogP contribution in [0.2, 0.25) is 0 Å². The van der Waals surface area contributed by atoms with Gasteiger partial charge < -0.3 is 15.2 Å². The lowest BCUT2D eigenvalue weighted by atomic mass is 10.0. The number of carbonyl (C=O) groups is 1. The molecular weight excluding hydrogens is 206 g/mol. The maximum absolute atomic E-state index is 11.7. The van der Waals surface area contributed by atoms with Crippen LogP contribution in [0.5, 0.6) is 0 Å². The largest absolute Gasteiger partial charge is 0.388 e. The van der Waals surface area contributed by atoms with E-state index >= 15 is 0 Å². The molecule has 1 amide bonds. The summed E-state index contributed by atoms with van der Waals surface area (Å²) in [5.74, 6) is -0.0555. The van der Waals surface area contributed by atoms with Crippen molar-refractivity contribution in [1.29, 1.82) is 0 Å². The van der Waals surface area contributed by atoms with Gasteiger partial charge in [-0.1, -0.05) is 12.8 Å². The number of nitrogens with one attached hydrogen (secondary N) is 1. The van der Waals surface area contributed by atoms with Crippen LogP contribution < -0.4 is 5.32 Å². The molecule has 0 aromatic carbocycles. The van der Waals surface area contributed by atoms with Crippen LogP contribution in [-0.4, -0.2) is 35.9 Å². The van der Waals surface area contributed by atoms with Crippen LogP contribution in [0.25, 0.3) is 0 Å². The molecule has 2 N–H and O–H groups in total. The Labute approximate surface area is 96.4 Å².